The third-order valence-electron chi connectivity index (χ3n) is 2.81. The number of nitrogens with one attached hydrogen (secondary N) is 2. The number of rotatable bonds is 5. The van der Waals surface area contributed by atoms with Crippen LogP contribution in [-0.2, 0) is 16.0 Å². The Kier molecular flexibility index (Phi) is 7.12. The normalized spacial score (nSPS) is 10.2. The van der Waals surface area contributed by atoms with Crippen LogP contribution in [0, 0.1) is 0 Å². The first kappa shape index (κ1) is 19.6. The standard InChI is InChI=1S/C15H13Cl2N3O3S2/c1-2-23-12(21)6-9-7-25-15(18-9)20-14(24)19-13(22)10-4-3-8(16)5-11(10)17/h3-5,7H,2,6H2,1H3,(H2,18,19,20,22,24). The lowest BCUT2D eigenvalue weighted by molar-refractivity contribution is -0.142. The Morgan fingerprint density at radius 3 is 2.80 bits per heavy atom. The molecule has 2 aromatic rings. The largest absolute Gasteiger partial charge is 0.466 e. The summed E-state index contributed by atoms with van der Waals surface area (Å²) >= 11 is 18.1. The Balaban J connectivity index is 1.93. The Hall–Kier alpha value is -1.74. The number of hydrogen-bond acceptors (Lipinski definition) is 6. The second-order valence-corrected chi connectivity index (χ2v) is 6.77. The zero-order valence-electron chi connectivity index (χ0n) is 13.0. The van der Waals surface area contributed by atoms with Gasteiger partial charge in [0, 0.05) is 10.4 Å². The summed E-state index contributed by atoms with van der Waals surface area (Å²) in [5, 5.41) is 8.16. The molecule has 0 saturated heterocycles. The van der Waals surface area contributed by atoms with Gasteiger partial charge in [-0.2, -0.15) is 0 Å². The highest BCUT2D eigenvalue weighted by atomic mass is 35.5. The Morgan fingerprint density at radius 2 is 2.12 bits per heavy atom. The number of benzene rings is 1. The molecule has 132 valence electrons. The van der Waals surface area contributed by atoms with Gasteiger partial charge in [-0.05, 0) is 37.3 Å². The van der Waals surface area contributed by atoms with E-state index in [0.717, 1.165) is 0 Å². The summed E-state index contributed by atoms with van der Waals surface area (Å²) in [6.45, 7) is 2.05. The molecule has 0 fully saturated rings. The Labute approximate surface area is 163 Å². The van der Waals surface area contributed by atoms with Crippen LogP contribution < -0.4 is 10.6 Å². The molecule has 0 radical (unpaired) electrons. The molecule has 0 aliphatic heterocycles. The minimum Gasteiger partial charge on any atom is -0.466 e. The van der Waals surface area contributed by atoms with E-state index in [9.17, 15) is 9.59 Å². The van der Waals surface area contributed by atoms with Crippen LogP contribution in [0.15, 0.2) is 23.6 Å². The highest BCUT2D eigenvalue weighted by Gasteiger charge is 2.14. The van der Waals surface area contributed by atoms with Crippen molar-refractivity contribution < 1.29 is 14.3 Å². The average Bonchev–Trinajstić information content (AvgIpc) is 2.93. The second-order valence-electron chi connectivity index (χ2n) is 4.66. The number of thiazole rings is 1. The van der Waals surface area contributed by atoms with Gasteiger partial charge in [-0.1, -0.05) is 23.2 Å². The van der Waals surface area contributed by atoms with E-state index >= 15 is 0 Å². The fourth-order valence-corrected chi connectivity index (χ4v) is 3.24. The van der Waals surface area contributed by atoms with Crippen LogP contribution in [0.4, 0.5) is 5.13 Å². The number of carbonyl (C=O) groups excluding carboxylic acids is 2. The smallest absolute Gasteiger partial charge is 0.311 e. The van der Waals surface area contributed by atoms with Gasteiger partial charge in [-0.25, -0.2) is 4.98 Å². The third kappa shape index (κ3) is 5.93. The summed E-state index contributed by atoms with van der Waals surface area (Å²) in [5.41, 5.74) is 0.804. The molecule has 1 heterocycles. The maximum atomic E-state index is 12.2. The van der Waals surface area contributed by atoms with Gasteiger partial charge in [0.2, 0.25) is 0 Å². The van der Waals surface area contributed by atoms with Crippen molar-refractivity contribution in [2.45, 2.75) is 13.3 Å². The highest BCUT2D eigenvalue weighted by molar-refractivity contribution is 7.80. The summed E-state index contributed by atoms with van der Waals surface area (Å²) in [4.78, 5) is 27.8. The van der Waals surface area contributed by atoms with Crippen LogP contribution in [0.2, 0.25) is 10.0 Å². The predicted octanol–water partition coefficient (Wildman–Crippen LogP) is 3.68. The molecule has 10 heteroatoms. The maximum absolute atomic E-state index is 12.2. The molecule has 6 nitrogen and oxygen atoms in total. The van der Waals surface area contributed by atoms with Gasteiger partial charge in [0.15, 0.2) is 10.2 Å². The van der Waals surface area contributed by atoms with E-state index in [1.54, 1.807) is 18.4 Å². The van der Waals surface area contributed by atoms with E-state index in [0.29, 0.717) is 22.5 Å². The van der Waals surface area contributed by atoms with E-state index in [4.69, 9.17) is 40.2 Å². The van der Waals surface area contributed by atoms with Crippen molar-refractivity contribution in [2.75, 3.05) is 11.9 Å². The van der Waals surface area contributed by atoms with Crippen LogP contribution in [0.25, 0.3) is 0 Å². The number of anilines is 1. The number of carbonyl (C=O) groups is 2. The molecular formula is C15H13Cl2N3O3S2. The van der Waals surface area contributed by atoms with Crippen LogP contribution in [0.3, 0.4) is 0 Å². The minimum atomic E-state index is -0.470. The fourth-order valence-electron chi connectivity index (χ4n) is 1.78. The van der Waals surface area contributed by atoms with Gasteiger partial charge in [0.05, 0.1) is 29.3 Å². The van der Waals surface area contributed by atoms with Crippen molar-refractivity contribution in [3.05, 3.63) is 44.9 Å². The molecule has 0 bridgehead atoms. The van der Waals surface area contributed by atoms with Gasteiger partial charge in [-0.15, -0.1) is 11.3 Å². The topological polar surface area (TPSA) is 80.3 Å². The number of aromatic nitrogens is 1. The Bertz CT molecular complexity index is 811. The van der Waals surface area contributed by atoms with Gasteiger partial charge < -0.3 is 10.1 Å². The molecule has 0 saturated carbocycles. The van der Waals surface area contributed by atoms with Gasteiger partial charge in [-0.3, -0.25) is 14.9 Å². The first-order chi connectivity index (χ1) is 11.9. The van der Waals surface area contributed by atoms with Crippen LogP contribution in [0.5, 0.6) is 0 Å². The van der Waals surface area contributed by atoms with Crippen molar-refractivity contribution >= 4 is 68.9 Å². The Morgan fingerprint density at radius 1 is 1.36 bits per heavy atom. The maximum Gasteiger partial charge on any atom is 0.311 e. The van der Waals surface area contributed by atoms with E-state index in [1.807, 2.05) is 0 Å². The van der Waals surface area contributed by atoms with Crippen molar-refractivity contribution in [2.24, 2.45) is 0 Å². The van der Waals surface area contributed by atoms with E-state index in [-0.39, 0.29) is 28.1 Å². The van der Waals surface area contributed by atoms with E-state index < -0.39 is 5.91 Å². The second kappa shape index (κ2) is 9.10. The lowest BCUT2D eigenvalue weighted by atomic mass is 10.2. The molecule has 2 N–H and O–H groups in total. The predicted molar refractivity (Wildman–Crippen MR) is 103 cm³/mol. The minimum absolute atomic E-state index is 0.0630. The quantitative estimate of drug-likeness (QED) is 0.570. The summed E-state index contributed by atoms with van der Waals surface area (Å²) < 4.78 is 4.86. The molecule has 0 unspecified atom stereocenters. The molecule has 0 atom stereocenters. The molecule has 0 aliphatic rings. The van der Waals surface area contributed by atoms with Gasteiger partial charge >= 0.3 is 5.97 Å². The monoisotopic (exact) mass is 417 g/mol. The molecule has 2 rings (SSSR count). The number of nitrogens with zero attached hydrogens (tertiary/aromatic N) is 1. The zero-order valence-corrected chi connectivity index (χ0v) is 16.1. The number of halogens is 2. The molecular weight excluding hydrogens is 405 g/mol. The van der Waals surface area contributed by atoms with Gasteiger partial charge in [0.1, 0.15) is 0 Å². The lowest BCUT2D eigenvalue weighted by Crippen LogP contribution is -2.34. The fraction of sp³-hybridized carbons (Fsp3) is 0.200. The number of amides is 1. The number of hydrogen-bond donors (Lipinski definition) is 2. The van der Waals surface area contributed by atoms with E-state index in [1.165, 1.54) is 23.5 Å². The average molecular weight is 418 g/mol. The number of esters is 1. The number of thiocarbonyl (C=S) groups is 1. The third-order valence-corrected chi connectivity index (χ3v) is 4.36. The van der Waals surface area contributed by atoms with Crippen molar-refractivity contribution in [3.63, 3.8) is 0 Å². The molecule has 1 amide bonds. The molecule has 1 aromatic carbocycles. The lowest BCUT2D eigenvalue weighted by Gasteiger charge is -2.08. The molecule has 25 heavy (non-hydrogen) atoms. The summed E-state index contributed by atoms with van der Waals surface area (Å²) in [6.07, 6.45) is 0.0749. The molecule has 1 aromatic heterocycles. The van der Waals surface area contributed by atoms with Crippen LogP contribution in [0.1, 0.15) is 23.0 Å². The molecule has 0 aliphatic carbocycles. The van der Waals surface area contributed by atoms with E-state index in [2.05, 4.69) is 15.6 Å². The van der Waals surface area contributed by atoms with Crippen molar-refractivity contribution in [3.8, 4) is 0 Å². The first-order valence-corrected chi connectivity index (χ1v) is 9.10. The number of ether oxygens (including phenoxy) is 1. The zero-order chi connectivity index (χ0) is 18.4. The van der Waals surface area contributed by atoms with Crippen molar-refractivity contribution in [1.29, 1.82) is 0 Å². The van der Waals surface area contributed by atoms with Crippen molar-refractivity contribution in [1.82, 2.24) is 10.3 Å². The summed E-state index contributed by atoms with van der Waals surface area (Å²) in [5.74, 6) is -0.824. The SMILES string of the molecule is CCOC(=O)Cc1csc(NC(=S)NC(=O)c2ccc(Cl)cc2Cl)n1. The van der Waals surface area contributed by atoms with Gasteiger partial charge in [0.25, 0.3) is 5.91 Å². The first-order valence-electron chi connectivity index (χ1n) is 7.06. The highest BCUT2D eigenvalue weighted by Crippen LogP contribution is 2.21. The van der Waals surface area contributed by atoms with Crippen LogP contribution in [-0.4, -0.2) is 28.6 Å². The summed E-state index contributed by atoms with van der Waals surface area (Å²) in [6, 6.07) is 4.53. The molecule has 0 spiro atoms. The van der Waals surface area contributed by atoms with Crippen LogP contribution >= 0.6 is 46.8 Å². The summed E-state index contributed by atoms with van der Waals surface area (Å²) in [7, 11) is 0.